The highest BCUT2D eigenvalue weighted by atomic mass is 32.1. The van der Waals surface area contributed by atoms with E-state index in [4.69, 9.17) is 29.9 Å². The largest absolute Gasteiger partial charge is 0.236 e. The van der Waals surface area contributed by atoms with Crippen LogP contribution < -0.4 is 0 Å². The van der Waals surface area contributed by atoms with E-state index in [0.29, 0.717) is 17.5 Å². The molecule has 0 fully saturated rings. The molecule has 10 rings (SSSR count). The predicted molar refractivity (Wildman–Crippen MR) is 226 cm³/mol. The molecule has 0 radical (unpaired) electrons. The fourth-order valence-corrected chi connectivity index (χ4v) is 9.72. The second-order valence-corrected chi connectivity index (χ2v) is 16.6. The fraction of sp³-hybridized carbons (Fsp3) is 0.0667. The average molecular weight is 751 g/mol. The minimum Gasteiger partial charge on any atom is -0.236 e. The molecule has 6 aromatic carbocycles. The van der Waals surface area contributed by atoms with Crippen LogP contribution in [0, 0.1) is 20.8 Å². The summed E-state index contributed by atoms with van der Waals surface area (Å²) in [5, 5.41) is 2.90. The summed E-state index contributed by atoms with van der Waals surface area (Å²) in [6, 6.07) is 44.2. The van der Waals surface area contributed by atoms with Gasteiger partial charge in [-0.2, -0.15) is 0 Å². The molecule has 9 heteroatoms. The number of hydrogen-bond acceptors (Lipinski definition) is 9. The molecule has 0 aliphatic rings. The van der Waals surface area contributed by atoms with Crippen LogP contribution >= 0.6 is 34.0 Å². The van der Waals surface area contributed by atoms with Crippen molar-refractivity contribution >= 4 is 64.7 Å². The molecule has 0 unspecified atom stereocenters. The zero-order valence-corrected chi connectivity index (χ0v) is 32.0. The SMILES string of the molecule is Cc1cc(-c2nc(-c3cc(C)cc(-c4nc5ccccc5s4)c3)nc(-c3cc(C)cc(-c4nc5ccccc5s4)c3)n2)cc(-c2nc3ccccc3s2)c1. The lowest BCUT2D eigenvalue weighted by atomic mass is 10.0. The fourth-order valence-electron chi connectivity index (χ4n) is 6.86. The summed E-state index contributed by atoms with van der Waals surface area (Å²) in [7, 11) is 0. The first-order valence-electron chi connectivity index (χ1n) is 17.6. The monoisotopic (exact) mass is 750 g/mol. The van der Waals surface area contributed by atoms with Gasteiger partial charge in [-0.05, 0) is 128 Å². The van der Waals surface area contributed by atoms with Gasteiger partial charge < -0.3 is 0 Å². The number of hydrogen-bond donors (Lipinski definition) is 0. The molecule has 0 aliphatic heterocycles. The van der Waals surface area contributed by atoms with Crippen LogP contribution in [-0.4, -0.2) is 29.9 Å². The first-order valence-corrected chi connectivity index (χ1v) is 20.0. The first-order chi connectivity index (χ1) is 26.4. The van der Waals surface area contributed by atoms with E-state index in [2.05, 4.69) is 130 Å². The lowest BCUT2D eigenvalue weighted by Gasteiger charge is -2.12. The Morgan fingerprint density at radius 1 is 0.315 bits per heavy atom. The minimum atomic E-state index is 0.604. The molecule has 0 saturated carbocycles. The summed E-state index contributed by atoms with van der Waals surface area (Å²) in [5.41, 5.74) is 12.1. The second kappa shape index (κ2) is 13.1. The molecule has 0 saturated heterocycles. The van der Waals surface area contributed by atoms with E-state index in [9.17, 15) is 0 Å². The van der Waals surface area contributed by atoms with E-state index < -0.39 is 0 Å². The molecule has 6 nitrogen and oxygen atoms in total. The molecular weight excluding hydrogens is 721 g/mol. The molecule has 54 heavy (non-hydrogen) atoms. The van der Waals surface area contributed by atoms with Crippen molar-refractivity contribution in [1.29, 1.82) is 0 Å². The van der Waals surface area contributed by atoms with E-state index >= 15 is 0 Å². The van der Waals surface area contributed by atoms with Crippen molar-refractivity contribution in [3.63, 3.8) is 0 Å². The molecule has 258 valence electrons. The Balaban J connectivity index is 1.15. The highest BCUT2D eigenvalue weighted by Gasteiger charge is 2.18. The first kappa shape index (κ1) is 32.6. The van der Waals surface area contributed by atoms with Crippen molar-refractivity contribution in [3.8, 4) is 65.9 Å². The van der Waals surface area contributed by atoms with Crippen LogP contribution in [0.1, 0.15) is 16.7 Å². The van der Waals surface area contributed by atoms with E-state index in [1.807, 2.05) is 18.2 Å². The number of aromatic nitrogens is 6. The van der Waals surface area contributed by atoms with Crippen LogP contribution in [0.3, 0.4) is 0 Å². The minimum absolute atomic E-state index is 0.604. The zero-order valence-electron chi connectivity index (χ0n) is 29.5. The van der Waals surface area contributed by atoms with Crippen molar-refractivity contribution in [3.05, 3.63) is 144 Å². The topological polar surface area (TPSA) is 77.3 Å². The van der Waals surface area contributed by atoms with Gasteiger partial charge in [0.2, 0.25) is 0 Å². The van der Waals surface area contributed by atoms with Gasteiger partial charge in [-0.1, -0.05) is 36.4 Å². The molecule has 4 aromatic heterocycles. The van der Waals surface area contributed by atoms with Crippen molar-refractivity contribution in [2.45, 2.75) is 20.8 Å². The quantitative estimate of drug-likeness (QED) is 0.168. The van der Waals surface area contributed by atoms with Gasteiger partial charge in [0.1, 0.15) is 15.0 Å². The Morgan fingerprint density at radius 3 is 0.889 bits per heavy atom. The van der Waals surface area contributed by atoms with E-state index in [0.717, 1.165) is 95.7 Å². The van der Waals surface area contributed by atoms with Gasteiger partial charge in [-0.25, -0.2) is 29.9 Å². The standard InChI is InChI=1S/C45H30N6S3/c1-25-16-28(22-31(19-25)43-46-34-10-4-7-13-37(34)52-43)40-49-41(29-17-26(2)20-32(23-29)44-47-35-11-5-8-14-38(35)53-44)51-42(50-40)30-18-27(3)21-33(24-30)45-48-36-12-6-9-15-39(36)54-45/h4-24H,1-3H3. The van der Waals surface area contributed by atoms with Gasteiger partial charge in [0.05, 0.1) is 30.6 Å². The van der Waals surface area contributed by atoms with Crippen LogP contribution in [0.4, 0.5) is 0 Å². The Labute approximate surface area is 323 Å². The molecule has 0 amide bonds. The maximum atomic E-state index is 5.20. The second-order valence-electron chi connectivity index (χ2n) is 13.5. The van der Waals surface area contributed by atoms with Gasteiger partial charge in [-0.3, -0.25) is 0 Å². The maximum Gasteiger partial charge on any atom is 0.164 e. The Bertz CT molecular complexity index is 2630. The smallest absolute Gasteiger partial charge is 0.164 e. The third-order valence-corrected chi connectivity index (χ3v) is 12.5. The summed E-state index contributed by atoms with van der Waals surface area (Å²) in [5.74, 6) is 1.81. The van der Waals surface area contributed by atoms with E-state index in [1.54, 1.807) is 34.0 Å². The molecule has 0 atom stereocenters. The third kappa shape index (κ3) is 6.16. The van der Waals surface area contributed by atoms with Crippen LogP contribution in [0.15, 0.2) is 127 Å². The average Bonchev–Trinajstić information content (AvgIpc) is 3.94. The van der Waals surface area contributed by atoms with Gasteiger partial charge >= 0.3 is 0 Å². The highest BCUT2D eigenvalue weighted by Crippen LogP contribution is 2.37. The number of nitrogens with zero attached hydrogens (tertiary/aromatic N) is 6. The molecule has 0 bridgehead atoms. The number of thiazole rings is 3. The number of fused-ring (bicyclic) bond motifs is 3. The summed E-state index contributed by atoms with van der Waals surface area (Å²) < 4.78 is 3.48. The highest BCUT2D eigenvalue weighted by molar-refractivity contribution is 7.22. The van der Waals surface area contributed by atoms with Crippen LogP contribution in [0.25, 0.3) is 96.5 Å². The van der Waals surface area contributed by atoms with Gasteiger partial charge in [-0.15, -0.1) is 34.0 Å². The summed E-state index contributed by atoms with van der Waals surface area (Å²) in [6.07, 6.45) is 0. The lowest BCUT2D eigenvalue weighted by molar-refractivity contribution is 1.07. The molecule has 4 heterocycles. The lowest BCUT2D eigenvalue weighted by Crippen LogP contribution is -2.01. The summed E-state index contributed by atoms with van der Waals surface area (Å²) >= 11 is 5.08. The molecule has 0 spiro atoms. The predicted octanol–water partition coefficient (Wildman–Crippen LogP) is 12.6. The van der Waals surface area contributed by atoms with Gasteiger partial charge in [0, 0.05) is 33.4 Å². The van der Waals surface area contributed by atoms with Gasteiger partial charge in [0.25, 0.3) is 0 Å². The number of aryl methyl sites for hydroxylation is 3. The normalized spacial score (nSPS) is 11.6. The van der Waals surface area contributed by atoms with Crippen molar-refractivity contribution < 1.29 is 0 Å². The number of rotatable bonds is 6. The van der Waals surface area contributed by atoms with Crippen LogP contribution in [0.2, 0.25) is 0 Å². The summed E-state index contributed by atoms with van der Waals surface area (Å²) in [4.78, 5) is 30.5. The molecule has 10 aromatic rings. The van der Waals surface area contributed by atoms with Crippen LogP contribution in [0.5, 0.6) is 0 Å². The Kier molecular flexibility index (Phi) is 7.94. The summed E-state index contributed by atoms with van der Waals surface area (Å²) in [6.45, 7) is 6.33. The molecule has 0 N–H and O–H groups in total. The van der Waals surface area contributed by atoms with Crippen LogP contribution in [-0.2, 0) is 0 Å². The third-order valence-electron chi connectivity index (χ3n) is 9.26. The molecular formula is C45H30N6S3. The number of para-hydroxylation sites is 3. The maximum absolute atomic E-state index is 5.20. The molecule has 0 aliphatic carbocycles. The van der Waals surface area contributed by atoms with Gasteiger partial charge in [0.15, 0.2) is 17.5 Å². The van der Waals surface area contributed by atoms with Crippen molar-refractivity contribution in [2.24, 2.45) is 0 Å². The van der Waals surface area contributed by atoms with E-state index in [1.165, 1.54) is 0 Å². The van der Waals surface area contributed by atoms with E-state index in [-0.39, 0.29) is 0 Å². The Hall–Kier alpha value is -6.00. The van der Waals surface area contributed by atoms with Crippen molar-refractivity contribution in [1.82, 2.24) is 29.9 Å². The van der Waals surface area contributed by atoms with Crippen molar-refractivity contribution in [2.75, 3.05) is 0 Å². The number of benzene rings is 6. The zero-order chi connectivity index (χ0) is 36.3. The Morgan fingerprint density at radius 2 is 0.593 bits per heavy atom.